The van der Waals surface area contributed by atoms with Crippen LogP contribution in [0, 0.1) is 0 Å². The van der Waals surface area contributed by atoms with Gasteiger partial charge in [-0.1, -0.05) is 24.3 Å². The Bertz CT molecular complexity index is 597. The van der Waals surface area contributed by atoms with Crippen molar-refractivity contribution in [1.82, 2.24) is 5.32 Å². The molecule has 0 aliphatic heterocycles. The van der Waals surface area contributed by atoms with E-state index in [0.29, 0.717) is 19.5 Å². The molecule has 0 fully saturated rings. The lowest BCUT2D eigenvalue weighted by Gasteiger charge is -2.08. The molecule has 2 amide bonds. The summed E-state index contributed by atoms with van der Waals surface area (Å²) in [4.78, 5) is 11.8. The number of anilines is 1. The number of carbonyl (C=O) groups excluding carboxylic acids is 1. The highest BCUT2D eigenvalue weighted by molar-refractivity contribution is 5.89. The van der Waals surface area contributed by atoms with Gasteiger partial charge in [0.25, 0.3) is 0 Å². The quantitative estimate of drug-likeness (QED) is 0.679. The highest BCUT2D eigenvalue weighted by atomic mass is 16.3. The number of carbonyl (C=O) groups is 1. The van der Waals surface area contributed by atoms with Gasteiger partial charge < -0.3 is 21.5 Å². The Morgan fingerprint density at radius 1 is 1.10 bits per heavy atom. The number of phenols is 1. The van der Waals surface area contributed by atoms with Crippen molar-refractivity contribution in [3.8, 4) is 5.75 Å². The molecule has 0 saturated carbocycles. The first-order valence-corrected chi connectivity index (χ1v) is 6.79. The van der Waals surface area contributed by atoms with Crippen molar-refractivity contribution < 1.29 is 9.90 Å². The topological polar surface area (TPSA) is 87.4 Å². The van der Waals surface area contributed by atoms with Gasteiger partial charge in [-0.15, -0.1) is 0 Å². The van der Waals surface area contributed by atoms with Gasteiger partial charge in [0.1, 0.15) is 5.75 Å². The number of hydrogen-bond donors (Lipinski definition) is 4. The number of rotatable bonds is 5. The van der Waals surface area contributed by atoms with Gasteiger partial charge in [0.15, 0.2) is 0 Å². The molecule has 0 aliphatic carbocycles. The Balaban J connectivity index is 1.78. The number of aromatic hydroxyl groups is 1. The minimum atomic E-state index is -0.247. The predicted octanol–water partition coefficient (Wildman–Crippen LogP) is 2.22. The molecule has 0 bridgehead atoms. The molecule has 110 valence electrons. The van der Waals surface area contributed by atoms with Crippen LogP contribution in [0.15, 0.2) is 48.5 Å². The van der Waals surface area contributed by atoms with Crippen LogP contribution < -0.4 is 16.4 Å². The van der Waals surface area contributed by atoms with E-state index in [-0.39, 0.29) is 11.8 Å². The van der Waals surface area contributed by atoms with Crippen LogP contribution in [0.4, 0.5) is 10.5 Å². The van der Waals surface area contributed by atoms with Gasteiger partial charge in [-0.2, -0.15) is 0 Å². The van der Waals surface area contributed by atoms with Gasteiger partial charge in [-0.3, -0.25) is 0 Å². The Labute approximate surface area is 123 Å². The van der Waals surface area contributed by atoms with Gasteiger partial charge in [-0.25, -0.2) is 4.79 Å². The molecule has 0 heterocycles. The standard InChI is InChI=1S/C16H19N3O2/c17-11-13-2-1-3-14(10-13)19-16(21)18-9-8-12-4-6-15(20)7-5-12/h1-7,10,20H,8-9,11,17H2,(H2,18,19,21). The van der Waals surface area contributed by atoms with E-state index in [1.54, 1.807) is 12.1 Å². The van der Waals surface area contributed by atoms with Crippen LogP contribution in [-0.2, 0) is 13.0 Å². The first kappa shape index (κ1) is 14.9. The van der Waals surface area contributed by atoms with Crippen LogP contribution in [0.5, 0.6) is 5.75 Å². The fourth-order valence-corrected chi connectivity index (χ4v) is 1.93. The number of amides is 2. The largest absolute Gasteiger partial charge is 0.508 e. The number of nitrogens with one attached hydrogen (secondary N) is 2. The molecule has 0 spiro atoms. The maximum absolute atomic E-state index is 11.8. The van der Waals surface area contributed by atoms with E-state index < -0.39 is 0 Å². The van der Waals surface area contributed by atoms with E-state index in [9.17, 15) is 9.90 Å². The summed E-state index contributed by atoms with van der Waals surface area (Å²) in [6.45, 7) is 0.963. The summed E-state index contributed by atoms with van der Waals surface area (Å²) in [5.74, 6) is 0.240. The van der Waals surface area contributed by atoms with E-state index in [4.69, 9.17) is 5.73 Å². The Morgan fingerprint density at radius 3 is 2.57 bits per heavy atom. The summed E-state index contributed by atoms with van der Waals surface area (Å²) in [5.41, 5.74) is 8.30. The second-order valence-corrected chi connectivity index (χ2v) is 4.70. The SMILES string of the molecule is NCc1cccc(NC(=O)NCCc2ccc(O)cc2)c1. The zero-order valence-corrected chi connectivity index (χ0v) is 11.7. The van der Waals surface area contributed by atoms with Crippen molar-refractivity contribution in [2.45, 2.75) is 13.0 Å². The second-order valence-electron chi connectivity index (χ2n) is 4.70. The molecule has 2 rings (SSSR count). The average Bonchev–Trinajstić information content (AvgIpc) is 2.49. The van der Waals surface area contributed by atoms with E-state index in [1.807, 2.05) is 36.4 Å². The molecule has 0 radical (unpaired) electrons. The minimum absolute atomic E-state index is 0.240. The third kappa shape index (κ3) is 4.81. The second kappa shape index (κ2) is 7.31. The van der Waals surface area contributed by atoms with E-state index >= 15 is 0 Å². The fraction of sp³-hybridized carbons (Fsp3) is 0.188. The van der Waals surface area contributed by atoms with Crippen molar-refractivity contribution in [1.29, 1.82) is 0 Å². The third-order valence-corrected chi connectivity index (χ3v) is 3.06. The van der Waals surface area contributed by atoms with Gasteiger partial charge in [0.05, 0.1) is 0 Å². The van der Waals surface area contributed by atoms with Crippen LogP contribution in [0.3, 0.4) is 0 Å². The number of nitrogens with two attached hydrogens (primary N) is 1. The van der Waals surface area contributed by atoms with Crippen LogP contribution in [-0.4, -0.2) is 17.7 Å². The van der Waals surface area contributed by atoms with Crippen molar-refractivity contribution >= 4 is 11.7 Å². The van der Waals surface area contributed by atoms with Crippen molar-refractivity contribution in [3.63, 3.8) is 0 Å². The summed E-state index contributed by atoms with van der Waals surface area (Å²) in [7, 11) is 0. The highest BCUT2D eigenvalue weighted by Crippen LogP contribution is 2.11. The first-order valence-electron chi connectivity index (χ1n) is 6.79. The smallest absolute Gasteiger partial charge is 0.319 e. The molecule has 21 heavy (non-hydrogen) atoms. The molecule has 0 saturated heterocycles. The minimum Gasteiger partial charge on any atom is -0.508 e. The van der Waals surface area contributed by atoms with Crippen molar-refractivity contribution in [3.05, 3.63) is 59.7 Å². The number of hydrogen-bond acceptors (Lipinski definition) is 3. The molecule has 0 aromatic heterocycles. The molecular weight excluding hydrogens is 266 g/mol. The number of phenolic OH excluding ortho intramolecular Hbond substituents is 1. The molecular formula is C16H19N3O2. The van der Waals surface area contributed by atoms with E-state index in [1.165, 1.54) is 0 Å². The summed E-state index contributed by atoms with van der Waals surface area (Å²) in [5, 5.41) is 14.7. The van der Waals surface area contributed by atoms with Gasteiger partial charge in [0, 0.05) is 18.8 Å². The van der Waals surface area contributed by atoms with Crippen LogP contribution in [0.2, 0.25) is 0 Å². The summed E-state index contributed by atoms with van der Waals surface area (Å²) in [6.07, 6.45) is 0.705. The summed E-state index contributed by atoms with van der Waals surface area (Å²) in [6, 6.07) is 14.1. The molecule has 2 aromatic rings. The normalized spacial score (nSPS) is 10.1. The molecule has 0 unspecified atom stereocenters. The third-order valence-electron chi connectivity index (χ3n) is 3.06. The number of benzene rings is 2. The van der Waals surface area contributed by atoms with Gasteiger partial charge in [-0.05, 0) is 41.8 Å². The van der Waals surface area contributed by atoms with Crippen LogP contribution in [0.25, 0.3) is 0 Å². The Morgan fingerprint density at radius 2 is 1.86 bits per heavy atom. The van der Waals surface area contributed by atoms with Crippen LogP contribution in [0.1, 0.15) is 11.1 Å². The van der Waals surface area contributed by atoms with Gasteiger partial charge >= 0.3 is 6.03 Å². The lowest BCUT2D eigenvalue weighted by atomic mass is 10.1. The molecule has 0 atom stereocenters. The fourth-order valence-electron chi connectivity index (χ4n) is 1.93. The zero-order valence-electron chi connectivity index (χ0n) is 11.7. The molecule has 0 aliphatic rings. The maximum Gasteiger partial charge on any atom is 0.319 e. The Kier molecular flexibility index (Phi) is 5.17. The molecule has 5 N–H and O–H groups in total. The molecule has 5 nitrogen and oxygen atoms in total. The summed E-state index contributed by atoms with van der Waals surface area (Å²) >= 11 is 0. The lowest BCUT2D eigenvalue weighted by Crippen LogP contribution is -2.30. The summed E-state index contributed by atoms with van der Waals surface area (Å²) < 4.78 is 0. The number of urea groups is 1. The van der Waals surface area contributed by atoms with E-state index in [2.05, 4.69) is 10.6 Å². The lowest BCUT2D eigenvalue weighted by molar-refractivity contribution is 0.252. The molecule has 2 aromatic carbocycles. The monoisotopic (exact) mass is 285 g/mol. The highest BCUT2D eigenvalue weighted by Gasteiger charge is 2.02. The predicted molar refractivity (Wildman–Crippen MR) is 83.2 cm³/mol. The van der Waals surface area contributed by atoms with Crippen LogP contribution >= 0.6 is 0 Å². The van der Waals surface area contributed by atoms with E-state index in [0.717, 1.165) is 16.8 Å². The first-order chi connectivity index (χ1) is 10.2. The van der Waals surface area contributed by atoms with Gasteiger partial charge in [0.2, 0.25) is 0 Å². The average molecular weight is 285 g/mol. The Hall–Kier alpha value is -2.53. The molecule has 5 heteroatoms. The zero-order chi connectivity index (χ0) is 15.1. The van der Waals surface area contributed by atoms with Crippen molar-refractivity contribution in [2.24, 2.45) is 5.73 Å². The maximum atomic E-state index is 11.8. The van der Waals surface area contributed by atoms with Crippen molar-refractivity contribution in [2.75, 3.05) is 11.9 Å².